The number of nitrogens with zero attached hydrogens (tertiary/aromatic N) is 2. The molecule has 1 fully saturated rings. The third-order valence-electron chi connectivity index (χ3n) is 3.71. The first kappa shape index (κ1) is 14.4. The zero-order chi connectivity index (χ0) is 15.7. The Morgan fingerprint density at radius 2 is 1.95 bits per heavy atom. The first-order valence-corrected chi connectivity index (χ1v) is 7.16. The molecule has 1 heterocycles. The molecule has 0 bridgehead atoms. The molecular formula is C16H17FN4O. The summed E-state index contributed by atoms with van der Waals surface area (Å²) in [5.74, 6) is 0.952. The molecule has 22 heavy (non-hydrogen) atoms. The minimum Gasteiger partial charge on any atom is -0.282 e. The van der Waals surface area contributed by atoms with Crippen molar-refractivity contribution < 1.29 is 9.18 Å². The summed E-state index contributed by atoms with van der Waals surface area (Å²) in [5.41, 5.74) is 7.32. The average Bonchev–Trinajstić information content (AvgIpc) is 3.25. The van der Waals surface area contributed by atoms with Crippen LogP contribution in [-0.2, 0) is 4.79 Å². The molecule has 3 rings (SSSR count). The van der Waals surface area contributed by atoms with Gasteiger partial charge in [0.15, 0.2) is 0 Å². The molecule has 1 amide bonds. The van der Waals surface area contributed by atoms with Gasteiger partial charge < -0.3 is 0 Å². The molecule has 0 radical (unpaired) electrons. The van der Waals surface area contributed by atoms with Gasteiger partial charge in [-0.2, -0.15) is 0 Å². The van der Waals surface area contributed by atoms with Crippen LogP contribution in [0.25, 0.3) is 0 Å². The summed E-state index contributed by atoms with van der Waals surface area (Å²) < 4.78 is 12.9. The molecule has 1 aromatic heterocycles. The highest BCUT2D eigenvalue weighted by atomic mass is 19.1. The van der Waals surface area contributed by atoms with Crippen LogP contribution in [0.4, 0.5) is 10.2 Å². The van der Waals surface area contributed by atoms with Crippen molar-refractivity contribution in [3.8, 4) is 0 Å². The molecule has 2 aromatic rings. The number of amides is 1. The molecule has 6 heteroatoms. The van der Waals surface area contributed by atoms with E-state index in [1.54, 1.807) is 25.1 Å². The standard InChI is InChI=1S/C16H17FN4O/c1-9-7-15(19-10(2)18-9)20-21-16(22)14-8-13(14)11-3-5-12(17)6-4-11/h3-7,13-14H,8H2,1-2H3,(H,21,22)(H,18,19,20). The minimum atomic E-state index is -0.262. The number of carbonyl (C=O) groups is 1. The summed E-state index contributed by atoms with van der Waals surface area (Å²) in [6, 6.07) is 8.08. The average molecular weight is 300 g/mol. The van der Waals surface area contributed by atoms with Gasteiger partial charge in [0.25, 0.3) is 0 Å². The highest BCUT2D eigenvalue weighted by molar-refractivity contribution is 5.83. The van der Waals surface area contributed by atoms with Crippen molar-refractivity contribution in [1.82, 2.24) is 15.4 Å². The fourth-order valence-corrected chi connectivity index (χ4v) is 2.56. The fourth-order valence-electron chi connectivity index (χ4n) is 2.56. The molecule has 1 aliphatic carbocycles. The summed E-state index contributed by atoms with van der Waals surface area (Å²) >= 11 is 0. The number of nitrogens with one attached hydrogen (secondary N) is 2. The van der Waals surface area contributed by atoms with Gasteiger partial charge in [-0.3, -0.25) is 15.6 Å². The van der Waals surface area contributed by atoms with Gasteiger partial charge in [-0.1, -0.05) is 12.1 Å². The van der Waals surface area contributed by atoms with Gasteiger partial charge >= 0.3 is 0 Å². The van der Waals surface area contributed by atoms with Gasteiger partial charge in [0.05, 0.1) is 0 Å². The molecule has 2 unspecified atom stereocenters. The molecule has 5 nitrogen and oxygen atoms in total. The molecule has 2 atom stereocenters. The van der Waals surface area contributed by atoms with Crippen LogP contribution in [0.15, 0.2) is 30.3 Å². The maximum absolute atomic E-state index is 12.9. The van der Waals surface area contributed by atoms with Gasteiger partial charge in [0.2, 0.25) is 5.91 Å². The fraction of sp³-hybridized carbons (Fsp3) is 0.312. The second-order valence-electron chi connectivity index (χ2n) is 5.56. The van der Waals surface area contributed by atoms with E-state index in [0.29, 0.717) is 11.6 Å². The van der Waals surface area contributed by atoms with Gasteiger partial charge in [-0.05, 0) is 43.9 Å². The second-order valence-corrected chi connectivity index (χ2v) is 5.56. The van der Waals surface area contributed by atoms with E-state index >= 15 is 0 Å². The monoisotopic (exact) mass is 300 g/mol. The normalized spacial score (nSPS) is 19.6. The van der Waals surface area contributed by atoms with Gasteiger partial charge in [0.1, 0.15) is 17.5 Å². The Bertz CT molecular complexity index is 682. The number of hydrogen-bond acceptors (Lipinski definition) is 4. The highest BCUT2D eigenvalue weighted by Gasteiger charge is 2.43. The van der Waals surface area contributed by atoms with Crippen molar-refractivity contribution in [1.29, 1.82) is 0 Å². The minimum absolute atomic E-state index is 0.0803. The summed E-state index contributed by atoms with van der Waals surface area (Å²) in [5, 5.41) is 0. The molecule has 1 aromatic carbocycles. The van der Waals surface area contributed by atoms with E-state index in [1.807, 2.05) is 6.92 Å². The predicted molar refractivity (Wildman–Crippen MR) is 80.5 cm³/mol. The predicted octanol–water partition coefficient (Wildman–Crippen LogP) is 2.48. The van der Waals surface area contributed by atoms with E-state index in [0.717, 1.165) is 17.7 Å². The van der Waals surface area contributed by atoms with E-state index in [2.05, 4.69) is 20.8 Å². The van der Waals surface area contributed by atoms with Crippen LogP contribution in [0.1, 0.15) is 29.4 Å². The molecule has 114 valence electrons. The first-order chi connectivity index (χ1) is 10.5. The maximum atomic E-state index is 12.9. The van der Waals surface area contributed by atoms with Crippen LogP contribution in [0.5, 0.6) is 0 Å². The number of rotatable bonds is 4. The van der Waals surface area contributed by atoms with E-state index < -0.39 is 0 Å². The number of benzene rings is 1. The molecule has 0 saturated heterocycles. The quantitative estimate of drug-likeness (QED) is 0.851. The van der Waals surface area contributed by atoms with E-state index in [1.165, 1.54) is 12.1 Å². The topological polar surface area (TPSA) is 66.9 Å². The third kappa shape index (κ3) is 3.21. The van der Waals surface area contributed by atoms with Crippen molar-refractivity contribution in [3.05, 3.63) is 53.2 Å². The van der Waals surface area contributed by atoms with E-state index in [4.69, 9.17) is 0 Å². The van der Waals surface area contributed by atoms with E-state index in [-0.39, 0.29) is 23.6 Å². The molecule has 1 saturated carbocycles. The zero-order valence-corrected chi connectivity index (χ0v) is 12.4. The lowest BCUT2D eigenvalue weighted by molar-refractivity contribution is -0.121. The van der Waals surface area contributed by atoms with Crippen LogP contribution in [-0.4, -0.2) is 15.9 Å². The van der Waals surface area contributed by atoms with Crippen LogP contribution >= 0.6 is 0 Å². The summed E-state index contributed by atoms with van der Waals surface area (Å²) in [4.78, 5) is 20.5. The molecule has 2 N–H and O–H groups in total. The lowest BCUT2D eigenvalue weighted by Crippen LogP contribution is -2.31. The number of carbonyl (C=O) groups excluding carboxylic acids is 1. The summed E-state index contributed by atoms with van der Waals surface area (Å²) in [6.45, 7) is 3.67. The Kier molecular flexibility index (Phi) is 3.75. The largest absolute Gasteiger partial charge is 0.282 e. The smallest absolute Gasteiger partial charge is 0.242 e. The molecule has 0 aliphatic heterocycles. The van der Waals surface area contributed by atoms with Crippen molar-refractivity contribution in [2.45, 2.75) is 26.2 Å². The lowest BCUT2D eigenvalue weighted by atomic mass is 10.1. The number of anilines is 1. The Morgan fingerprint density at radius 1 is 1.23 bits per heavy atom. The number of aryl methyl sites for hydroxylation is 2. The summed E-state index contributed by atoms with van der Waals surface area (Å²) in [6.07, 6.45) is 0.779. The lowest BCUT2D eigenvalue weighted by Gasteiger charge is -2.08. The van der Waals surface area contributed by atoms with Crippen LogP contribution in [0, 0.1) is 25.6 Å². The number of hydrogen-bond donors (Lipinski definition) is 2. The van der Waals surface area contributed by atoms with Crippen LogP contribution in [0.2, 0.25) is 0 Å². The Labute approximate surface area is 128 Å². The van der Waals surface area contributed by atoms with Crippen LogP contribution < -0.4 is 10.9 Å². The third-order valence-corrected chi connectivity index (χ3v) is 3.71. The van der Waals surface area contributed by atoms with Gasteiger partial charge in [-0.25, -0.2) is 14.4 Å². The Balaban J connectivity index is 1.56. The SMILES string of the molecule is Cc1cc(NNC(=O)C2CC2c2ccc(F)cc2)nc(C)n1. The highest BCUT2D eigenvalue weighted by Crippen LogP contribution is 2.47. The number of aromatic nitrogens is 2. The Hall–Kier alpha value is -2.50. The summed E-state index contributed by atoms with van der Waals surface area (Å²) in [7, 11) is 0. The van der Waals surface area contributed by atoms with E-state index in [9.17, 15) is 9.18 Å². The maximum Gasteiger partial charge on any atom is 0.242 e. The second kappa shape index (κ2) is 5.71. The van der Waals surface area contributed by atoms with Crippen molar-refractivity contribution in [2.24, 2.45) is 5.92 Å². The first-order valence-electron chi connectivity index (χ1n) is 7.16. The molecule has 1 aliphatic rings. The van der Waals surface area contributed by atoms with Crippen molar-refractivity contribution >= 4 is 11.7 Å². The van der Waals surface area contributed by atoms with Crippen LogP contribution in [0.3, 0.4) is 0 Å². The molecule has 0 spiro atoms. The number of halogens is 1. The zero-order valence-electron chi connectivity index (χ0n) is 12.4. The Morgan fingerprint density at radius 3 is 2.64 bits per heavy atom. The molecular weight excluding hydrogens is 283 g/mol. The van der Waals surface area contributed by atoms with Crippen molar-refractivity contribution in [2.75, 3.05) is 5.43 Å². The number of hydrazine groups is 1. The van der Waals surface area contributed by atoms with Gasteiger partial charge in [0, 0.05) is 17.7 Å². The van der Waals surface area contributed by atoms with Gasteiger partial charge in [-0.15, -0.1) is 0 Å². The van der Waals surface area contributed by atoms with Crippen molar-refractivity contribution in [3.63, 3.8) is 0 Å².